The zero-order valence-corrected chi connectivity index (χ0v) is 12.2. The number of carbonyl (C=O) groups excluding carboxylic acids is 1. The zero-order valence-electron chi connectivity index (χ0n) is 11.5. The number of halogens is 1. The van der Waals surface area contributed by atoms with Crippen LogP contribution in [0.15, 0.2) is 24.3 Å². The minimum absolute atomic E-state index is 0.258. The molecular weight excluding hydrogens is 278 g/mol. The first-order valence-corrected chi connectivity index (χ1v) is 6.88. The number of nitrogens with zero attached hydrogens (tertiary/aromatic N) is 3. The van der Waals surface area contributed by atoms with Gasteiger partial charge >= 0.3 is 5.97 Å². The second-order valence-corrected chi connectivity index (χ2v) is 4.60. The molecular formula is C14H16ClN3O2. The number of hydrogen-bond donors (Lipinski definition) is 0. The van der Waals surface area contributed by atoms with Crippen LogP contribution >= 0.6 is 11.6 Å². The van der Waals surface area contributed by atoms with Crippen LogP contribution in [0.25, 0.3) is 0 Å². The summed E-state index contributed by atoms with van der Waals surface area (Å²) >= 11 is 6.16. The van der Waals surface area contributed by atoms with Gasteiger partial charge in [-0.15, -0.1) is 5.10 Å². The van der Waals surface area contributed by atoms with E-state index in [0.717, 1.165) is 11.3 Å². The van der Waals surface area contributed by atoms with Crippen LogP contribution in [0.3, 0.4) is 0 Å². The molecule has 0 amide bonds. The molecule has 1 aromatic carbocycles. The van der Waals surface area contributed by atoms with E-state index >= 15 is 0 Å². The predicted octanol–water partition coefficient (Wildman–Crippen LogP) is 2.72. The topological polar surface area (TPSA) is 57.0 Å². The van der Waals surface area contributed by atoms with Gasteiger partial charge in [-0.05, 0) is 25.5 Å². The van der Waals surface area contributed by atoms with Gasteiger partial charge in [0.2, 0.25) is 0 Å². The van der Waals surface area contributed by atoms with E-state index in [4.69, 9.17) is 16.3 Å². The normalized spacial score (nSPS) is 10.6. The minimum Gasteiger partial charge on any atom is -0.461 e. The molecule has 0 saturated heterocycles. The Hall–Kier alpha value is -1.88. The number of aromatic nitrogens is 3. The van der Waals surface area contributed by atoms with E-state index in [-0.39, 0.29) is 5.69 Å². The first kappa shape index (κ1) is 14.5. The number of esters is 1. The van der Waals surface area contributed by atoms with E-state index in [9.17, 15) is 4.79 Å². The van der Waals surface area contributed by atoms with E-state index < -0.39 is 5.97 Å². The van der Waals surface area contributed by atoms with Gasteiger partial charge in [0.25, 0.3) is 0 Å². The van der Waals surface area contributed by atoms with E-state index in [2.05, 4.69) is 10.3 Å². The molecule has 0 atom stereocenters. The average molecular weight is 294 g/mol. The van der Waals surface area contributed by atoms with Gasteiger partial charge in [-0.1, -0.05) is 35.0 Å². The Kier molecular flexibility index (Phi) is 4.74. The van der Waals surface area contributed by atoms with Gasteiger partial charge in [0, 0.05) is 18.0 Å². The summed E-state index contributed by atoms with van der Waals surface area (Å²) in [6.07, 6.45) is 0.495. The third-order valence-corrected chi connectivity index (χ3v) is 3.29. The Morgan fingerprint density at radius 3 is 2.75 bits per heavy atom. The molecule has 0 spiro atoms. The molecule has 0 saturated carbocycles. The summed E-state index contributed by atoms with van der Waals surface area (Å²) in [6, 6.07) is 7.52. The van der Waals surface area contributed by atoms with Crippen LogP contribution in [0.2, 0.25) is 5.02 Å². The fourth-order valence-electron chi connectivity index (χ4n) is 1.94. The third-order valence-electron chi connectivity index (χ3n) is 2.92. The lowest BCUT2D eigenvalue weighted by Gasteiger charge is -2.07. The van der Waals surface area contributed by atoms with E-state index in [0.29, 0.717) is 24.6 Å². The second kappa shape index (κ2) is 6.52. The Morgan fingerprint density at radius 1 is 1.35 bits per heavy atom. The zero-order chi connectivity index (χ0) is 14.5. The van der Waals surface area contributed by atoms with Gasteiger partial charge < -0.3 is 4.74 Å². The van der Waals surface area contributed by atoms with Crippen molar-refractivity contribution in [2.75, 3.05) is 6.61 Å². The van der Waals surface area contributed by atoms with Crippen LogP contribution in [0.4, 0.5) is 0 Å². The largest absolute Gasteiger partial charge is 0.461 e. The molecule has 1 heterocycles. The lowest BCUT2D eigenvalue weighted by molar-refractivity contribution is 0.0518. The fraction of sp³-hybridized carbons (Fsp3) is 0.357. The van der Waals surface area contributed by atoms with Crippen molar-refractivity contribution in [2.45, 2.75) is 26.8 Å². The molecule has 0 radical (unpaired) electrons. The molecule has 5 nitrogen and oxygen atoms in total. The number of carbonyl (C=O) groups is 1. The third kappa shape index (κ3) is 2.99. The van der Waals surface area contributed by atoms with Crippen LogP contribution in [0.1, 0.15) is 35.6 Å². The Bertz CT molecular complexity index is 610. The molecule has 0 fully saturated rings. The first-order valence-electron chi connectivity index (χ1n) is 6.50. The summed E-state index contributed by atoms with van der Waals surface area (Å²) < 4.78 is 6.70. The van der Waals surface area contributed by atoms with Crippen molar-refractivity contribution in [3.05, 3.63) is 46.2 Å². The van der Waals surface area contributed by atoms with Crippen molar-refractivity contribution < 1.29 is 9.53 Å². The van der Waals surface area contributed by atoms with Gasteiger partial charge in [0.1, 0.15) is 0 Å². The molecule has 0 aliphatic rings. The SMILES string of the molecule is CCOC(=O)c1nnn(CC)c1Cc1ccccc1Cl. The van der Waals surface area contributed by atoms with E-state index in [1.54, 1.807) is 11.6 Å². The van der Waals surface area contributed by atoms with E-state index in [1.165, 1.54) is 0 Å². The smallest absolute Gasteiger partial charge is 0.360 e. The number of rotatable bonds is 5. The van der Waals surface area contributed by atoms with Gasteiger partial charge in [0.05, 0.1) is 12.3 Å². The van der Waals surface area contributed by atoms with Crippen molar-refractivity contribution in [1.82, 2.24) is 15.0 Å². The van der Waals surface area contributed by atoms with Crippen molar-refractivity contribution >= 4 is 17.6 Å². The van der Waals surface area contributed by atoms with Crippen molar-refractivity contribution in [2.24, 2.45) is 0 Å². The average Bonchev–Trinajstić information content (AvgIpc) is 2.84. The molecule has 2 rings (SSSR count). The highest BCUT2D eigenvalue weighted by Crippen LogP contribution is 2.20. The molecule has 0 unspecified atom stereocenters. The Balaban J connectivity index is 2.37. The molecule has 20 heavy (non-hydrogen) atoms. The van der Waals surface area contributed by atoms with Crippen molar-refractivity contribution in [3.8, 4) is 0 Å². The van der Waals surface area contributed by atoms with Gasteiger partial charge in [-0.25, -0.2) is 9.48 Å². The quantitative estimate of drug-likeness (QED) is 0.795. The summed E-state index contributed by atoms with van der Waals surface area (Å²) in [5, 5.41) is 8.57. The number of aryl methyl sites for hydroxylation is 1. The van der Waals surface area contributed by atoms with Crippen LogP contribution in [-0.2, 0) is 17.7 Å². The molecule has 2 aromatic rings. The van der Waals surface area contributed by atoms with Crippen LogP contribution in [0, 0.1) is 0 Å². The van der Waals surface area contributed by atoms with Crippen molar-refractivity contribution in [3.63, 3.8) is 0 Å². The predicted molar refractivity (Wildman–Crippen MR) is 75.9 cm³/mol. The number of benzene rings is 1. The van der Waals surface area contributed by atoms with Crippen LogP contribution < -0.4 is 0 Å². The molecule has 1 aromatic heterocycles. The maximum atomic E-state index is 11.9. The summed E-state index contributed by atoms with van der Waals surface area (Å²) in [6.45, 7) is 4.64. The highest BCUT2D eigenvalue weighted by atomic mass is 35.5. The monoisotopic (exact) mass is 293 g/mol. The van der Waals surface area contributed by atoms with Crippen LogP contribution in [0.5, 0.6) is 0 Å². The molecule has 0 bridgehead atoms. The Morgan fingerprint density at radius 2 is 2.10 bits per heavy atom. The van der Waals surface area contributed by atoms with Crippen LogP contribution in [-0.4, -0.2) is 27.6 Å². The first-order chi connectivity index (χ1) is 9.67. The highest BCUT2D eigenvalue weighted by Gasteiger charge is 2.21. The molecule has 6 heteroatoms. The lowest BCUT2D eigenvalue weighted by Crippen LogP contribution is -2.11. The maximum Gasteiger partial charge on any atom is 0.360 e. The minimum atomic E-state index is -0.450. The summed E-state index contributed by atoms with van der Waals surface area (Å²) in [5.41, 5.74) is 1.91. The molecule has 0 N–H and O–H groups in total. The molecule has 0 aliphatic carbocycles. The number of hydrogen-bond acceptors (Lipinski definition) is 4. The molecule has 106 valence electrons. The van der Waals surface area contributed by atoms with E-state index in [1.807, 2.05) is 31.2 Å². The maximum absolute atomic E-state index is 11.9. The lowest BCUT2D eigenvalue weighted by atomic mass is 10.1. The highest BCUT2D eigenvalue weighted by molar-refractivity contribution is 6.31. The Labute approximate surface area is 122 Å². The van der Waals surface area contributed by atoms with Gasteiger partial charge in [0.15, 0.2) is 5.69 Å². The number of ether oxygens (including phenoxy) is 1. The van der Waals surface area contributed by atoms with Crippen molar-refractivity contribution in [1.29, 1.82) is 0 Å². The standard InChI is InChI=1S/C14H16ClN3O2/c1-3-18-12(9-10-7-5-6-8-11(10)15)13(16-17-18)14(19)20-4-2/h5-8H,3-4,9H2,1-2H3. The summed E-state index contributed by atoms with van der Waals surface area (Å²) in [7, 11) is 0. The molecule has 0 aliphatic heterocycles. The van der Waals surface area contributed by atoms with Gasteiger partial charge in [-0.3, -0.25) is 0 Å². The fourth-order valence-corrected chi connectivity index (χ4v) is 2.14. The summed E-state index contributed by atoms with van der Waals surface area (Å²) in [4.78, 5) is 11.9. The summed E-state index contributed by atoms with van der Waals surface area (Å²) in [5.74, 6) is -0.450. The van der Waals surface area contributed by atoms with Gasteiger partial charge in [-0.2, -0.15) is 0 Å². The second-order valence-electron chi connectivity index (χ2n) is 4.19.